The van der Waals surface area contributed by atoms with Gasteiger partial charge in [0.25, 0.3) is 17.3 Å². The molecule has 0 radical (unpaired) electrons. The lowest BCUT2D eigenvalue weighted by Crippen LogP contribution is -2.13. The highest BCUT2D eigenvalue weighted by atomic mass is 16.6. The predicted octanol–water partition coefficient (Wildman–Crippen LogP) is 2.76. The largest absolute Gasteiger partial charge is 0.496 e. The van der Waals surface area contributed by atoms with E-state index in [0.29, 0.717) is 0 Å². The third-order valence-corrected chi connectivity index (χ3v) is 2.99. The molecule has 118 valence electrons. The molecule has 9 nitrogen and oxygen atoms in total. The monoisotopic (exact) mass is 317 g/mol. The number of rotatable bonds is 5. The van der Waals surface area contributed by atoms with E-state index < -0.39 is 15.8 Å². The van der Waals surface area contributed by atoms with Crippen LogP contribution in [0, 0.1) is 20.2 Å². The molecule has 2 aromatic rings. The van der Waals surface area contributed by atoms with Crippen molar-refractivity contribution in [3.63, 3.8) is 0 Å². The lowest BCUT2D eigenvalue weighted by Gasteiger charge is -2.07. The standard InChI is InChI=1S/C14H11N3O6/c1-23-11-6-7-12(13(8-11)17(21)22)15-14(18)9-2-4-10(5-3-9)16(19)20/h2-8H,1H3,(H,15,18). The van der Waals surface area contributed by atoms with Crippen molar-refractivity contribution in [1.29, 1.82) is 0 Å². The van der Waals surface area contributed by atoms with E-state index >= 15 is 0 Å². The lowest BCUT2D eigenvalue weighted by atomic mass is 10.2. The van der Waals surface area contributed by atoms with Crippen molar-refractivity contribution in [2.24, 2.45) is 0 Å². The fraction of sp³-hybridized carbons (Fsp3) is 0.0714. The number of carbonyl (C=O) groups is 1. The molecule has 2 rings (SSSR count). The highest BCUT2D eigenvalue weighted by Crippen LogP contribution is 2.29. The van der Waals surface area contributed by atoms with Crippen molar-refractivity contribution >= 4 is 23.0 Å². The molecule has 0 atom stereocenters. The Balaban J connectivity index is 2.26. The van der Waals surface area contributed by atoms with Crippen LogP contribution in [0.3, 0.4) is 0 Å². The second-order valence-corrected chi connectivity index (χ2v) is 4.40. The molecule has 0 spiro atoms. The molecule has 0 saturated heterocycles. The number of nitro benzene ring substituents is 2. The summed E-state index contributed by atoms with van der Waals surface area (Å²) in [6.07, 6.45) is 0. The maximum absolute atomic E-state index is 12.1. The van der Waals surface area contributed by atoms with Crippen molar-refractivity contribution in [3.05, 3.63) is 68.3 Å². The highest BCUT2D eigenvalue weighted by Gasteiger charge is 2.18. The zero-order valence-electron chi connectivity index (χ0n) is 11.9. The predicted molar refractivity (Wildman–Crippen MR) is 80.7 cm³/mol. The van der Waals surface area contributed by atoms with Crippen LogP contribution < -0.4 is 10.1 Å². The molecule has 1 amide bonds. The van der Waals surface area contributed by atoms with E-state index in [0.717, 1.165) is 0 Å². The maximum atomic E-state index is 12.1. The molecule has 2 aromatic carbocycles. The molecule has 1 N–H and O–H groups in total. The number of amides is 1. The minimum absolute atomic E-state index is 0.000784. The molecule has 0 heterocycles. The summed E-state index contributed by atoms with van der Waals surface area (Å²) in [6.45, 7) is 0. The minimum atomic E-state index is -0.645. The van der Waals surface area contributed by atoms with Gasteiger partial charge < -0.3 is 10.1 Å². The van der Waals surface area contributed by atoms with Crippen LogP contribution >= 0.6 is 0 Å². The molecule has 0 fully saturated rings. The van der Waals surface area contributed by atoms with Crippen LogP contribution in [0.15, 0.2) is 42.5 Å². The normalized spacial score (nSPS) is 9.96. The number of benzene rings is 2. The van der Waals surface area contributed by atoms with E-state index in [2.05, 4.69) is 5.32 Å². The van der Waals surface area contributed by atoms with E-state index in [-0.39, 0.29) is 28.4 Å². The van der Waals surface area contributed by atoms with Crippen molar-refractivity contribution in [3.8, 4) is 5.75 Å². The summed E-state index contributed by atoms with van der Waals surface area (Å²) in [7, 11) is 1.37. The van der Waals surface area contributed by atoms with Crippen LogP contribution in [-0.4, -0.2) is 22.9 Å². The van der Waals surface area contributed by atoms with Gasteiger partial charge in [-0.15, -0.1) is 0 Å². The van der Waals surface area contributed by atoms with Crippen LogP contribution in [0.2, 0.25) is 0 Å². The van der Waals surface area contributed by atoms with Gasteiger partial charge in [0, 0.05) is 17.7 Å². The number of nitrogens with zero attached hydrogens (tertiary/aromatic N) is 2. The van der Waals surface area contributed by atoms with Gasteiger partial charge in [0.05, 0.1) is 23.0 Å². The van der Waals surface area contributed by atoms with Gasteiger partial charge in [-0.05, 0) is 24.3 Å². The van der Waals surface area contributed by atoms with E-state index in [4.69, 9.17) is 4.74 Å². The SMILES string of the molecule is COc1ccc(NC(=O)c2ccc([N+](=O)[O-])cc2)c([N+](=O)[O-])c1. The minimum Gasteiger partial charge on any atom is -0.496 e. The number of methoxy groups -OCH3 is 1. The Morgan fingerprint density at radius 2 is 1.70 bits per heavy atom. The van der Waals surface area contributed by atoms with Gasteiger partial charge in [-0.3, -0.25) is 25.0 Å². The number of hydrogen-bond acceptors (Lipinski definition) is 6. The summed E-state index contributed by atoms with van der Waals surface area (Å²) >= 11 is 0. The maximum Gasteiger partial charge on any atom is 0.296 e. The number of carbonyl (C=O) groups excluding carboxylic acids is 1. The smallest absolute Gasteiger partial charge is 0.296 e. The molecule has 0 aliphatic heterocycles. The molecular formula is C14H11N3O6. The number of nitro groups is 2. The number of non-ortho nitro benzene ring substituents is 1. The van der Waals surface area contributed by atoms with Crippen LogP contribution in [0.1, 0.15) is 10.4 Å². The van der Waals surface area contributed by atoms with Gasteiger partial charge in [0.15, 0.2) is 0 Å². The molecule has 0 unspecified atom stereocenters. The number of hydrogen-bond donors (Lipinski definition) is 1. The summed E-state index contributed by atoms with van der Waals surface area (Å²) in [6, 6.07) is 8.89. The Morgan fingerprint density at radius 3 is 2.22 bits per heavy atom. The van der Waals surface area contributed by atoms with E-state index in [1.807, 2.05) is 0 Å². The first-order valence-corrected chi connectivity index (χ1v) is 6.30. The van der Waals surface area contributed by atoms with Crippen molar-refractivity contribution in [2.45, 2.75) is 0 Å². The average Bonchev–Trinajstić information content (AvgIpc) is 2.55. The van der Waals surface area contributed by atoms with Crippen molar-refractivity contribution < 1.29 is 19.4 Å². The number of nitrogens with one attached hydrogen (secondary N) is 1. The molecule has 0 aliphatic carbocycles. The molecule has 9 heteroatoms. The van der Waals surface area contributed by atoms with Gasteiger partial charge in [0.1, 0.15) is 11.4 Å². The summed E-state index contributed by atoms with van der Waals surface area (Å²) in [5.41, 5.74) is -0.337. The Bertz CT molecular complexity index is 773. The second-order valence-electron chi connectivity index (χ2n) is 4.40. The molecule has 0 aromatic heterocycles. The molecule has 0 saturated carbocycles. The van der Waals surface area contributed by atoms with Crippen molar-refractivity contribution in [1.82, 2.24) is 0 Å². The lowest BCUT2D eigenvalue weighted by molar-refractivity contribution is -0.384. The van der Waals surface area contributed by atoms with Crippen LogP contribution in [-0.2, 0) is 0 Å². The van der Waals surface area contributed by atoms with Crippen molar-refractivity contribution in [2.75, 3.05) is 12.4 Å². The quantitative estimate of drug-likeness (QED) is 0.667. The number of anilines is 1. The highest BCUT2D eigenvalue weighted by molar-refractivity contribution is 6.05. The topological polar surface area (TPSA) is 125 Å². The van der Waals surface area contributed by atoms with Crippen LogP contribution in [0.5, 0.6) is 5.75 Å². The van der Waals surface area contributed by atoms with Gasteiger partial charge in [-0.25, -0.2) is 0 Å². The first-order chi connectivity index (χ1) is 10.9. The van der Waals surface area contributed by atoms with E-state index in [1.54, 1.807) is 0 Å². The Morgan fingerprint density at radius 1 is 1.04 bits per heavy atom. The van der Waals surface area contributed by atoms with Gasteiger partial charge in [-0.2, -0.15) is 0 Å². The molecule has 0 bridgehead atoms. The molecule has 0 aliphatic rings. The van der Waals surface area contributed by atoms with E-state index in [1.165, 1.54) is 49.6 Å². The van der Waals surface area contributed by atoms with Gasteiger partial charge in [0.2, 0.25) is 0 Å². The fourth-order valence-corrected chi connectivity index (χ4v) is 1.82. The third-order valence-electron chi connectivity index (χ3n) is 2.99. The summed E-state index contributed by atoms with van der Waals surface area (Å²) in [5.74, 6) is -0.335. The number of ether oxygens (including phenoxy) is 1. The van der Waals surface area contributed by atoms with E-state index in [9.17, 15) is 25.0 Å². The van der Waals surface area contributed by atoms with Gasteiger partial charge in [-0.1, -0.05) is 0 Å². The zero-order valence-corrected chi connectivity index (χ0v) is 11.9. The molecule has 23 heavy (non-hydrogen) atoms. The fourth-order valence-electron chi connectivity index (χ4n) is 1.82. The third kappa shape index (κ3) is 3.59. The average molecular weight is 317 g/mol. The summed E-state index contributed by atoms with van der Waals surface area (Å²) in [5, 5.41) is 24.0. The first-order valence-electron chi connectivity index (χ1n) is 6.30. The Labute approximate surface area is 129 Å². The van der Waals surface area contributed by atoms with Crippen LogP contribution in [0.25, 0.3) is 0 Å². The Kier molecular flexibility index (Phi) is 4.50. The Hall–Kier alpha value is -3.49. The second kappa shape index (κ2) is 6.52. The zero-order chi connectivity index (χ0) is 17.0. The molecular weight excluding hydrogens is 306 g/mol. The van der Waals surface area contributed by atoms with Gasteiger partial charge >= 0.3 is 0 Å². The first kappa shape index (κ1) is 15.9. The van der Waals surface area contributed by atoms with Crippen LogP contribution in [0.4, 0.5) is 17.1 Å². The summed E-state index contributed by atoms with van der Waals surface area (Å²) in [4.78, 5) is 32.5. The summed E-state index contributed by atoms with van der Waals surface area (Å²) < 4.78 is 4.90.